The third-order valence-corrected chi connectivity index (χ3v) is 14.2. The van der Waals surface area contributed by atoms with E-state index in [-0.39, 0.29) is 0 Å². The molecule has 0 saturated heterocycles. The van der Waals surface area contributed by atoms with Gasteiger partial charge in [-0.3, -0.25) is 0 Å². The van der Waals surface area contributed by atoms with Crippen LogP contribution in [0.3, 0.4) is 0 Å². The highest BCUT2D eigenvalue weighted by Crippen LogP contribution is 2.47. The topological polar surface area (TPSA) is 54.1 Å². The van der Waals surface area contributed by atoms with Crippen molar-refractivity contribution in [2.75, 3.05) is 9.80 Å². The Kier molecular flexibility index (Phi) is 10.2. The SMILES string of the molecule is N#Cc1ccccc1-c1ccc2c(c1)c1cc3c4ccc(N(c5ccccc5)c5ccccc5)cc4c4ccc(-c5ccccc5C#N)cc4c3cc1c1ccc(N(c3ccccc3)c3ccccc3)cc21. The maximum atomic E-state index is 10.3. The Hall–Kier alpha value is -10.0. The van der Waals surface area contributed by atoms with E-state index in [0.717, 1.165) is 121 Å². The van der Waals surface area contributed by atoms with Crippen LogP contribution in [0.2, 0.25) is 0 Å². The number of para-hydroxylation sites is 4. The molecule has 13 aromatic rings. The molecule has 0 atom stereocenters. The summed E-state index contributed by atoms with van der Waals surface area (Å²) in [5.74, 6) is 0. The van der Waals surface area contributed by atoms with Gasteiger partial charge >= 0.3 is 0 Å². The van der Waals surface area contributed by atoms with Gasteiger partial charge in [-0.1, -0.05) is 146 Å². The van der Waals surface area contributed by atoms with Gasteiger partial charge in [0.15, 0.2) is 0 Å². The Morgan fingerprint density at radius 2 is 0.500 bits per heavy atom. The van der Waals surface area contributed by atoms with Crippen molar-refractivity contribution in [2.45, 2.75) is 0 Å². The van der Waals surface area contributed by atoms with Crippen LogP contribution in [0.25, 0.3) is 86.9 Å². The van der Waals surface area contributed by atoms with Gasteiger partial charge in [0.05, 0.1) is 23.3 Å². The molecule has 4 heteroatoms. The van der Waals surface area contributed by atoms with Crippen LogP contribution >= 0.6 is 0 Å². The minimum atomic E-state index is 0.637. The van der Waals surface area contributed by atoms with Crippen molar-refractivity contribution in [1.29, 1.82) is 10.5 Å². The van der Waals surface area contributed by atoms with Crippen molar-refractivity contribution in [3.8, 4) is 34.4 Å². The fraction of sp³-hybridized carbons (Fsp3) is 0. The Morgan fingerprint density at radius 3 is 0.847 bits per heavy atom. The minimum absolute atomic E-state index is 0.637. The molecule has 0 fully saturated rings. The average Bonchev–Trinajstić information content (AvgIpc) is 3.46. The van der Waals surface area contributed by atoms with E-state index in [0.29, 0.717) is 11.1 Å². The number of nitriles is 2. The van der Waals surface area contributed by atoms with Crippen molar-refractivity contribution in [2.24, 2.45) is 0 Å². The lowest BCUT2D eigenvalue weighted by Gasteiger charge is -2.26. The van der Waals surface area contributed by atoms with E-state index in [9.17, 15) is 10.5 Å². The molecule has 0 spiro atoms. The van der Waals surface area contributed by atoms with Gasteiger partial charge in [0.1, 0.15) is 0 Å². The van der Waals surface area contributed by atoms with Gasteiger partial charge < -0.3 is 9.80 Å². The summed E-state index contributed by atoms with van der Waals surface area (Å²) in [4.78, 5) is 4.64. The van der Waals surface area contributed by atoms with E-state index in [1.54, 1.807) is 0 Å². The summed E-state index contributed by atoms with van der Waals surface area (Å²) >= 11 is 0. The van der Waals surface area contributed by atoms with E-state index in [1.807, 2.05) is 48.5 Å². The molecule has 4 nitrogen and oxygen atoms in total. The lowest BCUT2D eigenvalue weighted by Crippen LogP contribution is -2.09. The van der Waals surface area contributed by atoms with Crippen LogP contribution < -0.4 is 9.80 Å². The molecule has 13 rings (SSSR count). The lowest BCUT2D eigenvalue weighted by molar-refractivity contribution is 1.29. The number of benzene rings is 13. The standard InChI is InChI=1S/C68H42N4/c69-43-47-17-13-15-27-55(47)45-29-33-57-61(37-45)67-42-66-60-36-32-54(72(51-23-9-3-10-24-51)52-25-11-4-12-26-52)40-64(60)58-34-30-46(56-28-16-14-18-48(56)44-70)38-62(58)68(66)41-65(67)59-35-31-53(39-63(57)59)71(49-19-5-1-6-20-49)50-21-7-2-8-22-50/h1-42H. The lowest BCUT2D eigenvalue weighted by atomic mass is 9.86. The first-order valence-corrected chi connectivity index (χ1v) is 24.2. The minimum Gasteiger partial charge on any atom is -0.310 e. The van der Waals surface area contributed by atoms with Crippen molar-refractivity contribution < 1.29 is 0 Å². The van der Waals surface area contributed by atoms with Gasteiger partial charge in [0.25, 0.3) is 0 Å². The monoisotopic (exact) mass is 914 g/mol. The van der Waals surface area contributed by atoms with E-state index >= 15 is 0 Å². The van der Waals surface area contributed by atoms with Crippen molar-refractivity contribution in [3.05, 3.63) is 266 Å². The molecule has 0 aliphatic heterocycles. The van der Waals surface area contributed by atoms with E-state index in [1.165, 1.54) is 0 Å². The number of rotatable bonds is 8. The van der Waals surface area contributed by atoms with Crippen LogP contribution in [-0.2, 0) is 0 Å². The zero-order valence-corrected chi connectivity index (χ0v) is 39.0. The summed E-state index contributed by atoms with van der Waals surface area (Å²) in [6, 6.07) is 94.8. The maximum absolute atomic E-state index is 10.3. The van der Waals surface area contributed by atoms with Crippen molar-refractivity contribution in [1.82, 2.24) is 0 Å². The zero-order valence-electron chi connectivity index (χ0n) is 39.0. The molecule has 0 saturated carbocycles. The molecule has 334 valence electrons. The Labute approximate surface area is 417 Å². The third kappa shape index (κ3) is 7.06. The first-order valence-electron chi connectivity index (χ1n) is 24.2. The molecule has 0 amide bonds. The van der Waals surface area contributed by atoms with Gasteiger partial charge in [0.2, 0.25) is 0 Å². The Balaban J connectivity index is 1.15. The second kappa shape index (κ2) is 17.5. The normalized spacial score (nSPS) is 11.3. The number of nitrogens with zero attached hydrogens (tertiary/aromatic N) is 4. The highest BCUT2D eigenvalue weighted by molar-refractivity contribution is 6.33. The maximum Gasteiger partial charge on any atom is 0.0998 e. The van der Waals surface area contributed by atoms with E-state index < -0.39 is 0 Å². The molecular formula is C68H42N4. The molecule has 0 heterocycles. The zero-order chi connectivity index (χ0) is 48.1. The largest absolute Gasteiger partial charge is 0.310 e. The van der Waals surface area contributed by atoms with Crippen LogP contribution in [0.15, 0.2) is 255 Å². The number of hydrogen-bond acceptors (Lipinski definition) is 4. The molecule has 0 unspecified atom stereocenters. The van der Waals surface area contributed by atoms with Gasteiger partial charge in [0, 0.05) is 34.1 Å². The van der Waals surface area contributed by atoms with Crippen LogP contribution in [-0.4, -0.2) is 0 Å². The fourth-order valence-corrected chi connectivity index (χ4v) is 11.0. The smallest absolute Gasteiger partial charge is 0.0998 e. The van der Waals surface area contributed by atoms with E-state index in [2.05, 4.69) is 228 Å². The molecule has 0 N–H and O–H groups in total. The van der Waals surface area contributed by atoms with Crippen LogP contribution in [0.5, 0.6) is 0 Å². The van der Waals surface area contributed by atoms with Crippen LogP contribution in [0.4, 0.5) is 34.1 Å². The van der Waals surface area contributed by atoms with Crippen molar-refractivity contribution in [3.63, 3.8) is 0 Å². The highest BCUT2D eigenvalue weighted by Gasteiger charge is 2.21. The van der Waals surface area contributed by atoms with Gasteiger partial charge in [-0.25, -0.2) is 0 Å². The summed E-state index contributed by atoms with van der Waals surface area (Å²) in [5.41, 5.74) is 11.4. The molecule has 72 heavy (non-hydrogen) atoms. The summed E-state index contributed by atoms with van der Waals surface area (Å²) in [6.45, 7) is 0. The molecule has 0 aromatic heterocycles. The predicted molar refractivity (Wildman–Crippen MR) is 301 cm³/mol. The Bertz CT molecular complexity index is 3980. The number of hydrogen-bond donors (Lipinski definition) is 0. The molecule has 13 aromatic carbocycles. The van der Waals surface area contributed by atoms with Crippen LogP contribution in [0.1, 0.15) is 11.1 Å². The summed E-state index contributed by atoms with van der Waals surface area (Å²) < 4.78 is 0. The van der Waals surface area contributed by atoms with Crippen LogP contribution in [0, 0.1) is 22.7 Å². The molecular weight excluding hydrogens is 873 g/mol. The second-order valence-corrected chi connectivity index (χ2v) is 18.3. The summed E-state index contributed by atoms with van der Waals surface area (Å²) in [7, 11) is 0. The highest BCUT2D eigenvalue weighted by atomic mass is 15.1. The second-order valence-electron chi connectivity index (χ2n) is 18.3. The van der Waals surface area contributed by atoms with Gasteiger partial charge in [-0.05, 0) is 196 Å². The number of fused-ring (bicyclic) bond motifs is 12. The summed E-state index contributed by atoms with van der Waals surface area (Å²) in [5, 5.41) is 34.2. The molecule has 0 aliphatic rings. The predicted octanol–water partition coefficient (Wildman–Crippen LogP) is 18.6. The van der Waals surface area contributed by atoms with E-state index in [4.69, 9.17) is 0 Å². The first kappa shape index (κ1) is 42.1. The quantitative estimate of drug-likeness (QED) is 0.113. The molecule has 0 radical (unpaired) electrons. The third-order valence-electron chi connectivity index (χ3n) is 14.2. The Morgan fingerprint density at radius 1 is 0.222 bits per heavy atom. The first-order chi connectivity index (χ1) is 35.6. The van der Waals surface area contributed by atoms with Gasteiger partial charge in [-0.15, -0.1) is 0 Å². The summed E-state index contributed by atoms with van der Waals surface area (Å²) in [6.07, 6.45) is 0. The average molecular weight is 915 g/mol. The van der Waals surface area contributed by atoms with Gasteiger partial charge in [-0.2, -0.15) is 10.5 Å². The molecule has 0 bridgehead atoms. The number of anilines is 6. The molecule has 0 aliphatic carbocycles. The van der Waals surface area contributed by atoms with Crippen molar-refractivity contribution >= 4 is 98.8 Å². The fourth-order valence-electron chi connectivity index (χ4n) is 11.0.